The highest BCUT2D eigenvalue weighted by atomic mass is 16.5. The van der Waals surface area contributed by atoms with Crippen LogP contribution in [-0.2, 0) is 4.79 Å². The number of nitrogens with one attached hydrogen (secondary N) is 1. The Hall–Kier alpha value is -1.55. The normalized spacial score (nSPS) is 13.9. The Morgan fingerprint density at radius 3 is 2.68 bits per heavy atom. The molecule has 0 saturated carbocycles. The van der Waals surface area contributed by atoms with E-state index in [9.17, 15) is 4.79 Å². The Bertz CT molecular complexity index is 432. The van der Waals surface area contributed by atoms with Crippen LogP contribution in [0.15, 0.2) is 18.2 Å². The van der Waals surface area contributed by atoms with Crippen molar-refractivity contribution >= 4 is 5.91 Å². The van der Waals surface area contributed by atoms with Crippen molar-refractivity contribution in [1.82, 2.24) is 5.32 Å². The van der Waals surface area contributed by atoms with Crippen LogP contribution >= 0.6 is 0 Å². The topological polar surface area (TPSA) is 64.3 Å². The van der Waals surface area contributed by atoms with Gasteiger partial charge in [-0.25, -0.2) is 0 Å². The van der Waals surface area contributed by atoms with Crippen molar-refractivity contribution in [3.05, 3.63) is 29.3 Å². The van der Waals surface area contributed by atoms with Crippen molar-refractivity contribution in [2.45, 2.75) is 33.7 Å². The van der Waals surface area contributed by atoms with Crippen LogP contribution in [0.3, 0.4) is 0 Å². The van der Waals surface area contributed by atoms with Gasteiger partial charge in [0.15, 0.2) is 0 Å². The quantitative estimate of drug-likeness (QED) is 0.793. The fourth-order valence-electron chi connectivity index (χ4n) is 1.84. The highest BCUT2D eigenvalue weighted by Crippen LogP contribution is 2.26. The van der Waals surface area contributed by atoms with Gasteiger partial charge in [0, 0.05) is 11.6 Å². The summed E-state index contributed by atoms with van der Waals surface area (Å²) in [4.78, 5) is 11.0. The van der Waals surface area contributed by atoms with Gasteiger partial charge in [0.25, 0.3) is 0 Å². The molecule has 0 fully saturated rings. The van der Waals surface area contributed by atoms with E-state index in [0.29, 0.717) is 6.61 Å². The molecule has 0 saturated heterocycles. The number of primary amides is 1. The van der Waals surface area contributed by atoms with E-state index in [1.54, 1.807) is 6.92 Å². The summed E-state index contributed by atoms with van der Waals surface area (Å²) in [7, 11) is 0. The van der Waals surface area contributed by atoms with Crippen LogP contribution in [0.2, 0.25) is 0 Å². The molecule has 0 heterocycles. The maximum absolute atomic E-state index is 11.0. The maximum Gasteiger partial charge on any atom is 0.223 e. The molecule has 106 valence electrons. The molecule has 1 amide bonds. The molecule has 0 radical (unpaired) electrons. The van der Waals surface area contributed by atoms with Crippen LogP contribution < -0.4 is 15.8 Å². The number of carbonyl (C=O) groups is 1. The minimum atomic E-state index is -0.339. The van der Waals surface area contributed by atoms with Crippen LogP contribution in [0, 0.1) is 12.8 Å². The Morgan fingerprint density at radius 1 is 1.42 bits per heavy atom. The fourth-order valence-corrected chi connectivity index (χ4v) is 1.84. The number of ether oxygens (including phenoxy) is 1. The molecular weight excluding hydrogens is 240 g/mol. The molecule has 4 nitrogen and oxygen atoms in total. The number of hydrogen-bond donors (Lipinski definition) is 2. The summed E-state index contributed by atoms with van der Waals surface area (Å²) in [6.07, 6.45) is 0. The monoisotopic (exact) mass is 264 g/mol. The van der Waals surface area contributed by atoms with Crippen LogP contribution in [0.4, 0.5) is 0 Å². The fraction of sp³-hybridized carbons (Fsp3) is 0.533. The van der Waals surface area contributed by atoms with Gasteiger partial charge in [-0.05, 0) is 32.0 Å². The molecule has 0 bridgehead atoms. The molecule has 4 heteroatoms. The first-order chi connectivity index (χ1) is 8.95. The van der Waals surface area contributed by atoms with Crippen molar-refractivity contribution in [2.24, 2.45) is 11.7 Å². The van der Waals surface area contributed by atoms with Crippen LogP contribution in [-0.4, -0.2) is 19.1 Å². The van der Waals surface area contributed by atoms with E-state index in [1.807, 2.05) is 13.0 Å². The smallest absolute Gasteiger partial charge is 0.223 e. The van der Waals surface area contributed by atoms with Gasteiger partial charge in [0.2, 0.25) is 5.91 Å². The molecular formula is C15H24N2O2. The molecule has 2 unspecified atom stereocenters. The van der Waals surface area contributed by atoms with Crippen molar-refractivity contribution in [3.8, 4) is 5.75 Å². The van der Waals surface area contributed by atoms with Crippen LogP contribution in [0.25, 0.3) is 0 Å². The number of aryl methyl sites for hydroxylation is 1. The van der Waals surface area contributed by atoms with E-state index in [4.69, 9.17) is 10.5 Å². The van der Waals surface area contributed by atoms with Crippen molar-refractivity contribution in [3.63, 3.8) is 0 Å². The van der Waals surface area contributed by atoms with E-state index in [-0.39, 0.29) is 17.9 Å². The largest absolute Gasteiger partial charge is 0.492 e. The van der Waals surface area contributed by atoms with E-state index in [2.05, 4.69) is 31.3 Å². The molecule has 1 aromatic rings. The van der Waals surface area contributed by atoms with Gasteiger partial charge in [0.05, 0.1) is 12.5 Å². The van der Waals surface area contributed by atoms with Crippen molar-refractivity contribution < 1.29 is 9.53 Å². The molecule has 0 aliphatic rings. The number of hydrogen-bond acceptors (Lipinski definition) is 3. The van der Waals surface area contributed by atoms with Crippen LogP contribution in [0.1, 0.15) is 37.9 Å². The molecule has 0 aromatic heterocycles. The first-order valence-corrected chi connectivity index (χ1v) is 6.71. The second kappa shape index (κ2) is 7.14. The summed E-state index contributed by atoms with van der Waals surface area (Å²) in [5.74, 6) is 0.193. The lowest BCUT2D eigenvalue weighted by atomic mass is 10.0. The lowest BCUT2D eigenvalue weighted by Crippen LogP contribution is -2.26. The van der Waals surface area contributed by atoms with Gasteiger partial charge < -0.3 is 15.8 Å². The van der Waals surface area contributed by atoms with Gasteiger partial charge in [-0.1, -0.05) is 26.0 Å². The predicted molar refractivity (Wildman–Crippen MR) is 77.1 cm³/mol. The zero-order chi connectivity index (χ0) is 14.4. The second-order valence-electron chi connectivity index (χ2n) is 4.94. The highest BCUT2D eigenvalue weighted by molar-refractivity contribution is 5.76. The van der Waals surface area contributed by atoms with E-state index >= 15 is 0 Å². The van der Waals surface area contributed by atoms with E-state index in [1.165, 1.54) is 0 Å². The third-order valence-corrected chi connectivity index (χ3v) is 3.12. The summed E-state index contributed by atoms with van der Waals surface area (Å²) >= 11 is 0. The zero-order valence-electron chi connectivity index (χ0n) is 12.2. The third kappa shape index (κ3) is 4.56. The van der Waals surface area contributed by atoms with Gasteiger partial charge >= 0.3 is 0 Å². The molecule has 1 aromatic carbocycles. The van der Waals surface area contributed by atoms with Gasteiger partial charge in [-0.15, -0.1) is 0 Å². The molecule has 1 rings (SSSR count). The summed E-state index contributed by atoms with van der Waals surface area (Å²) < 4.78 is 5.77. The third-order valence-electron chi connectivity index (χ3n) is 3.12. The van der Waals surface area contributed by atoms with Gasteiger partial charge in [-0.2, -0.15) is 0 Å². The Labute approximate surface area is 115 Å². The minimum Gasteiger partial charge on any atom is -0.492 e. The van der Waals surface area contributed by atoms with E-state index < -0.39 is 0 Å². The second-order valence-corrected chi connectivity index (χ2v) is 4.94. The van der Waals surface area contributed by atoms with E-state index in [0.717, 1.165) is 23.4 Å². The molecule has 0 aliphatic heterocycles. The van der Waals surface area contributed by atoms with Crippen molar-refractivity contribution in [2.75, 3.05) is 13.2 Å². The average molecular weight is 264 g/mol. The lowest BCUT2D eigenvalue weighted by molar-refractivity contribution is -0.122. The number of benzene rings is 1. The summed E-state index contributed by atoms with van der Waals surface area (Å²) in [6.45, 7) is 9.16. The Kier molecular flexibility index (Phi) is 5.83. The average Bonchev–Trinajstić information content (AvgIpc) is 2.36. The summed E-state index contributed by atoms with van der Waals surface area (Å²) in [5, 5.41) is 3.36. The molecule has 0 spiro atoms. The van der Waals surface area contributed by atoms with Gasteiger partial charge in [0.1, 0.15) is 5.75 Å². The SMILES string of the molecule is CCNC(C)c1ccc(C)cc1OCC(C)C(N)=O. The molecule has 3 N–H and O–H groups in total. The highest BCUT2D eigenvalue weighted by Gasteiger charge is 2.14. The van der Waals surface area contributed by atoms with Crippen molar-refractivity contribution in [1.29, 1.82) is 0 Å². The number of rotatable bonds is 7. The number of nitrogens with two attached hydrogens (primary N) is 1. The summed E-state index contributed by atoms with van der Waals surface area (Å²) in [5.41, 5.74) is 7.48. The Morgan fingerprint density at radius 2 is 2.11 bits per heavy atom. The minimum absolute atomic E-state index is 0.212. The maximum atomic E-state index is 11.0. The lowest BCUT2D eigenvalue weighted by Gasteiger charge is -2.19. The molecule has 2 atom stereocenters. The zero-order valence-corrected chi connectivity index (χ0v) is 12.2. The Balaban J connectivity index is 2.85. The molecule has 19 heavy (non-hydrogen) atoms. The summed E-state index contributed by atoms with van der Waals surface area (Å²) in [6, 6.07) is 6.33. The standard InChI is InChI=1S/C15H24N2O2/c1-5-17-12(4)13-7-6-10(2)8-14(13)19-9-11(3)15(16)18/h6-8,11-12,17H,5,9H2,1-4H3,(H2,16,18). The first-order valence-electron chi connectivity index (χ1n) is 6.71. The molecule has 0 aliphatic carbocycles. The van der Waals surface area contributed by atoms with Gasteiger partial charge in [-0.3, -0.25) is 4.79 Å². The number of carbonyl (C=O) groups excluding carboxylic acids is 1. The van der Waals surface area contributed by atoms with Crippen LogP contribution in [0.5, 0.6) is 5.75 Å². The predicted octanol–water partition coefficient (Wildman–Crippen LogP) is 2.17. The first kappa shape index (κ1) is 15.5. The number of amides is 1.